The molecule has 0 fully saturated rings. The molecule has 23 aromatic carbocycles. The van der Waals surface area contributed by atoms with Crippen LogP contribution >= 0.6 is 0 Å². The molecule has 2 aliphatic carbocycles. The van der Waals surface area contributed by atoms with Crippen molar-refractivity contribution in [3.8, 4) is 94.7 Å². The first-order chi connectivity index (χ1) is 72.5. The average Bonchev–Trinajstić information content (AvgIpc) is 1.51. The van der Waals surface area contributed by atoms with Gasteiger partial charge in [0.15, 0.2) is 0 Å². The van der Waals surface area contributed by atoms with Crippen LogP contribution in [0, 0.1) is 0 Å². The monoisotopic (exact) mass is 1860 g/mol. The fraction of sp³-hybridized carbons (Fsp3) is 0.0143. The number of fused-ring (bicyclic) bond motifs is 24. The van der Waals surface area contributed by atoms with Crippen LogP contribution < -0.4 is 19.6 Å². The van der Waals surface area contributed by atoms with E-state index in [0.29, 0.717) is 0 Å². The van der Waals surface area contributed by atoms with Gasteiger partial charge < -0.3 is 28.6 Å². The molecule has 2 spiro atoms. The summed E-state index contributed by atoms with van der Waals surface area (Å²) in [7, 11) is 0. The summed E-state index contributed by atoms with van der Waals surface area (Å²) in [6, 6.07) is 207. The molecule has 2 aliphatic heterocycles. The Bertz CT molecular complexity index is 9300. The highest BCUT2D eigenvalue weighted by molar-refractivity contribution is 6.12. The maximum atomic E-state index is 6.36. The number of aromatic nitrogens is 1. The first-order valence-corrected chi connectivity index (χ1v) is 50.3. The van der Waals surface area contributed by atoms with E-state index in [2.05, 4.69) is 576 Å². The minimum Gasteiger partial charge on any atom is -0.456 e. The summed E-state index contributed by atoms with van der Waals surface area (Å²) < 4.78 is 8.75. The van der Waals surface area contributed by atoms with Crippen molar-refractivity contribution >= 4 is 112 Å². The van der Waals surface area contributed by atoms with Crippen molar-refractivity contribution in [2.24, 2.45) is 0 Å². The number of furan rings is 1. The van der Waals surface area contributed by atoms with E-state index >= 15 is 0 Å². The average molecular weight is 1860 g/mol. The number of hydrogen-bond donors (Lipinski definition) is 0. The van der Waals surface area contributed by atoms with E-state index < -0.39 is 10.8 Å². The molecule has 0 saturated carbocycles. The second-order valence-corrected chi connectivity index (χ2v) is 38.3. The fourth-order valence-electron chi connectivity index (χ4n) is 24.5. The van der Waals surface area contributed by atoms with Crippen molar-refractivity contribution in [3.05, 3.63) is 609 Å². The van der Waals surface area contributed by atoms with E-state index in [1.807, 2.05) is 12.1 Å². The van der Waals surface area contributed by atoms with Gasteiger partial charge in [-0.2, -0.15) is 0 Å². The summed E-state index contributed by atoms with van der Waals surface area (Å²) in [4.78, 5) is 9.92. The molecule has 0 bridgehead atoms. The van der Waals surface area contributed by atoms with E-state index in [4.69, 9.17) is 4.42 Å². The third-order valence-electron chi connectivity index (χ3n) is 30.6. The van der Waals surface area contributed by atoms with E-state index in [9.17, 15) is 0 Å². The number of hydrogen-bond acceptors (Lipinski definition) is 5. The van der Waals surface area contributed by atoms with Gasteiger partial charge in [-0.3, -0.25) is 0 Å². The highest BCUT2D eigenvalue weighted by atomic mass is 16.3. The standard InChI is InChI=1S/C73H49N3.C67H44N2O/c1-4-22-50(23-5-1)52-24-20-25-54(48-52)58-30-11-16-37-66(58)75(57-45-42-51(43-46-57)53-44-47-68-61(49-53)59-31-12-17-38-67(59)74(68)55-26-6-2-7-27-55)71-41-21-36-65-72(71)60-32-10-13-33-62(60)73(65)63-34-14-18-39-69(63)76(56-28-8-3-9-29-56)70-40-19-15-35-64(70)73;1-3-19-45(20-4-1)47-21-17-22-49(43-47)52-25-8-13-32-60(52)68(51-40-37-46(38-41-51)48-39-42-54-53-26-9-16-36-64(53)70-65(54)44-48)63-35-18-31-59-66(63)55-27-7-10-28-56(55)67(59)57-29-11-14-33-61(57)69(50-23-5-2-6-24-50)62-34-15-12-30-58(62)67/h1-49H;1-44H. The Morgan fingerprint density at radius 2 is 0.479 bits per heavy atom. The Kier molecular flexibility index (Phi) is 20.3. The molecule has 146 heavy (non-hydrogen) atoms. The van der Waals surface area contributed by atoms with Gasteiger partial charge >= 0.3 is 0 Å². The molecule has 0 N–H and O–H groups in total. The molecule has 0 atom stereocenters. The summed E-state index contributed by atoms with van der Waals surface area (Å²) in [5.74, 6) is 0. The zero-order chi connectivity index (χ0) is 96.3. The first kappa shape index (κ1) is 84.9. The van der Waals surface area contributed by atoms with Crippen LogP contribution in [0.15, 0.2) is 569 Å². The van der Waals surface area contributed by atoms with Crippen LogP contribution in [0.25, 0.3) is 138 Å². The molecule has 0 saturated heterocycles. The molecule has 0 unspecified atom stereocenters. The number of nitrogens with zero attached hydrogens (tertiary/aromatic N) is 5. The lowest BCUT2D eigenvalue weighted by atomic mass is 9.64. The van der Waals surface area contributed by atoms with Gasteiger partial charge in [0, 0.05) is 72.2 Å². The zero-order valence-electron chi connectivity index (χ0n) is 79.8. The van der Waals surface area contributed by atoms with Crippen LogP contribution in [-0.4, -0.2) is 4.57 Å². The lowest BCUT2D eigenvalue weighted by Gasteiger charge is -2.45. The first-order valence-electron chi connectivity index (χ1n) is 50.3. The number of anilines is 12. The Morgan fingerprint density at radius 3 is 0.952 bits per heavy atom. The van der Waals surface area contributed by atoms with Crippen molar-refractivity contribution in [2.75, 3.05) is 19.6 Å². The quantitative estimate of drug-likeness (QED) is 0.102. The number of benzene rings is 23. The highest BCUT2D eigenvalue weighted by Gasteiger charge is 2.55. The molecule has 25 aromatic rings. The fourth-order valence-corrected chi connectivity index (χ4v) is 24.5. The molecule has 4 aliphatic rings. The van der Waals surface area contributed by atoms with E-state index in [1.165, 1.54) is 139 Å². The minimum absolute atomic E-state index is 0.602. The SMILES string of the molecule is c1ccc(-c2cccc(-c3ccccc3N(c3ccc(-c4ccc5c(c4)c4ccccc4n5-c4ccccc4)cc3)c3cccc4c3-c3ccccc3C43c4ccccc4N(c4ccccc4)c4ccccc43)c2)cc1.c1ccc(-c2cccc(-c3ccccc3N(c3ccc(-c4ccc5c(c4)oc4ccccc45)cc3)c3cccc4c3-c3ccccc3C43c4ccccc4N(c4ccccc4)c4ccccc43)c2)cc1. The molecule has 0 amide bonds. The molecule has 6 heteroatoms. The van der Waals surface area contributed by atoms with E-state index in [-0.39, 0.29) is 0 Å². The van der Waals surface area contributed by atoms with Crippen LogP contribution in [0.1, 0.15) is 44.5 Å². The second-order valence-electron chi connectivity index (χ2n) is 38.3. The lowest BCUT2D eigenvalue weighted by Crippen LogP contribution is -2.36. The van der Waals surface area contributed by atoms with E-state index in [1.54, 1.807) is 0 Å². The molecule has 6 nitrogen and oxygen atoms in total. The molecule has 29 rings (SSSR count). The van der Waals surface area contributed by atoms with Crippen LogP contribution in [0.5, 0.6) is 0 Å². The predicted molar refractivity (Wildman–Crippen MR) is 608 cm³/mol. The van der Waals surface area contributed by atoms with Gasteiger partial charge in [-0.05, 0) is 269 Å². The van der Waals surface area contributed by atoms with E-state index in [0.717, 1.165) is 112 Å². The van der Waals surface area contributed by atoms with Crippen molar-refractivity contribution in [2.45, 2.75) is 10.8 Å². The summed E-state index contributed by atoms with van der Waals surface area (Å²) >= 11 is 0. The molecule has 4 heterocycles. The number of para-hydroxylation sites is 11. The third kappa shape index (κ3) is 13.5. The second kappa shape index (κ2) is 35.0. The highest BCUT2D eigenvalue weighted by Crippen LogP contribution is 2.68. The Morgan fingerprint density at radius 1 is 0.171 bits per heavy atom. The largest absolute Gasteiger partial charge is 0.456 e. The molecular formula is C140H93N5O. The normalized spacial score (nSPS) is 12.9. The summed E-state index contributed by atoms with van der Waals surface area (Å²) in [6.45, 7) is 0. The van der Waals surface area contributed by atoms with Gasteiger partial charge in [0.25, 0.3) is 0 Å². The molecular weight excluding hydrogens is 1770 g/mol. The van der Waals surface area contributed by atoms with Gasteiger partial charge in [-0.25, -0.2) is 0 Å². The van der Waals surface area contributed by atoms with Gasteiger partial charge in [-0.15, -0.1) is 0 Å². The van der Waals surface area contributed by atoms with Gasteiger partial charge in [0.1, 0.15) is 11.2 Å². The van der Waals surface area contributed by atoms with Crippen molar-refractivity contribution < 1.29 is 4.42 Å². The van der Waals surface area contributed by atoms with Crippen LogP contribution in [-0.2, 0) is 10.8 Å². The topological polar surface area (TPSA) is 31.0 Å². The Labute approximate surface area is 848 Å². The smallest absolute Gasteiger partial charge is 0.136 e. The van der Waals surface area contributed by atoms with Crippen LogP contribution in [0.2, 0.25) is 0 Å². The predicted octanol–water partition coefficient (Wildman–Crippen LogP) is 37.6. The number of rotatable bonds is 15. The Hall–Kier alpha value is -19.1. The summed E-state index contributed by atoms with van der Waals surface area (Å²) in [6.07, 6.45) is 0. The molecule has 2 aromatic heterocycles. The Balaban J connectivity index is 0.000000142. The van der Waals surface area contributed by atoms with Crippen molar-refractivity contribution in [3.63, 3.8) is 0 Å². The van der Waals surface area contributed by atoms with Crippen LogP contribution in [0.3, 0.4) is 0 Å². The van der Waals surface area contributed by atoms with Gasteiger partial charge in [0.2, 0.25) is 0 Å². The van der Waals surface area contributed by atoms with Crippen molar-refractivity contribution in [1.29, 1.82) is 0 Å². The summed E-state index contributed by atoms with van der Waals surface area (Å²) in [5, 5.41) is 4.74. The summed E-state index contributed by atoms with van der Waals surface area (Å²) in [5.41, 5.74) is 46.7. The molecule has 684 valence electrons. The minimum atomic E-state index is -0.609. The van der Waals surface area contributed by atoms with Crippen molar-refractivity contribution in [1.82, 2.24) is 4.57 Å². The lowest BCUT2D eigenvalue weighted by molar-refractivity contribution is 0.669. The third-order valence-corrected chi connectivity index (χ3v) is 30.6. The maximum absolute atomic E-state index is 6.36. The zero-order valence-corrected chi connectivity index (χ0v) is 79.8. The molecule has 0 radical (unpaired) electrons. The van der Waals surface area contributed by atoms with Gasteiger partial charge in [0.05, 0.1) is 67.4 Å². The van der Waals surface area contributed by atoms with Gasteiger partial charge in [-0.1, -0.05) is 406 Å². The van der Waals surface area contributed by atoms with Crippen LogP contribution in [0.4, 0.5) is 68.2 Å². The maximum Gasteiger partial charge on any atom is 0.136 e.